The van der Waals surface area contributed by atoms with Gasteiger partial charge < -0.3 is 38.7 Å². The molecular weight excluding hydrogens is 1180 g/mol. The Morgan fingerprint density at radius 1 is 0.513 bits per heavy atom. The third-order valence-electron chi connectivity index (χ3n) is 9.65. The van der Waals surface area contributed by atoms with Crippen LogP contribution in [0.4, 0.5) is 51.7 Å². The number of aryl methyl sites for hydroxylation is 2. The van der Waals surface area contributed by atoms with Gasteiger partial charge in [0.15, 0.2) is 0 Å². The summed E-state index contributed by atoms with van der Waals surface area (Å²) in [6.07, 6.45) is 0.494. The molecule has 4 N–H and O–H groups in total. The van der Waals surface area contributed by atoms with Gasteiger partial charge in [-0.2, -0.15) is 25.2 Å². The number of anilines is 7. The van der Waals surface area contributed by atoms with E-state index in [-0.39, 0.29) is 194 Å². The molecular formula is C39H26ClN10Na5O16S5. The summed E-state index contributed by atoms with van der Waals surface area (Å²) >= 11 is 6.09. The molecule has 0 amide bonds. The standard InChI is InChI=1S/C39H31ClN10O16S5.5Na/c1-19-12-27(20(2)11-26(19)43-39-45-37(40)44-38(46-39)42-23-9-6-10-24(15-23)67(52,53)54)47-48-28-17-32(70(61,62)63)29(18-31(28)69(58,59)60)49-50-35-33(71(64,65)66)14-21-13-25(68(55,56)57)16-30(34(21)36(35)51)41-22-7-4-3-5-8-22;;;;;/h3-18,41,49H,1-2H3,(H,52,53,54)(H,55,56,57)(H,58,59,60)(H,61,62,63)(H,64,65,66)(H2,42,43,44,45,46);;;;;/q;5*+1/p-5/b48-47?,50-35+;;;;;. The molecule has 26 nitrogen and oxygen atoms in total. The Labute approximate surface area is 549 Å². The van der Waals surface area contributed by atoms with E-state index in [1.165, 1.54) is 55.5 Å². The van der Waals surface area contributed by atoms with Crippen molar-refractivity contribution in [3.05, 3.63) is 123 Å². The van der Waals surface area contributed by atoms with Crippen LogP contribution in [0.15, 0.2) is 131 Å². The number of azo groups is 1. The van der Waals surface area contributed by atoms with Gasteiger partial charge in [0.2, 0.25) is 23.0 Å². The molecule has 0 atom stereocenters. The summed E-state index contributed by atoms with van der Waals surface area (Å²) in [7, 11) is -27.2. The number of hydrazone groups is 1. The molecule has 1 heterocycles. The largest absolute Gasteiger partial charge is 1.00 e. The number of ketones is 1. The number of carbonyl (C=O) groups excluding carboxylic acids is 1. The van der Waals surface area contributed by atoms with E-state index in [4.69, 9.17) is 11.6 Å². The van der Waals surface area contributed by atoms with Gasteiger partial charge >= 0.3 is 148 Å². The maximum absolute atomic E-state index is 14.1. The van der Waals surface area contributed by atoms with Gasteiger partial charge in [-0.25, -0.2) is 42.1 Å². The molecule has 0 unspecified atom stereocenters. The van der Waals surface area contributed by atoms with E-state index in [1.54, 1.807) is 13.0 Å². The number of rotatable bonds is 15. The van der Waals surface area contributed by atoms with Gasteiger partial charge in [0.25, 0.3) is 0 Å². The van der Waals surface area contributed by atoms with Gasteiger partial charge in [-0.05, 0) is 115 Å². The third kappa shape index (κ3) is 17.4. The molecule has 0 spiro atoms. The quantitative estimate of drug-likeness (QED) is 0.0321. The number of benzene rings is 5. The molecule has 5 aromatic carbocycles. The van der Waals surface area contributed by atoms with Crippen molar-refractivity contribution in [3.63, 3.8) is 0 Å². The van der Waals surface area contributed by atoms with Crippen LogP contribution in [-0.4, -0.2) is 91.3 Å². The third-order valence-corrected chi connectivity index (χ3v) is 14.1. The summed E-state index contributed by atoms with van der Waals surface area (Å²) in [6.45, 7) is 3.05. The van der Waals surface area contributed by atoms with Gasteiger partial charge in [-0.15, -0.1) is 5.11 Å². The number of hydrogen-bond donors (Lipinski definition) is 4. The predicted octanol–water partition coefficient (Wildman–Crippen LogP) is -10.0. The van der Waals surface area contributed by atoms with Crippen LogP contribution in [-0.2, 0) is 50.6 Å². The minimum absolute atomic E-state index is 0. The van der Waals surface area contributed by atoms with E-state index in [2.05, 4.69) is 46.2 Å². The van der Waals surface area contributed by atoms with Crippen molar-refractivity contribution in [2.45, 2.75) is 33.4 Å². The van der Waals surface area contributed by atoms with Crippen LogP contribution < -0.4 is 169 Å². The second-order valence-corrected chi connectivity index (χ2v) is 21.7. The van der Waals surface area contributed by atoms with E-state index in [9.17, 15) is 69.6 Å². The first-order chi connectivity index (χ1) is 32.9. The number of halogens is 1. The number of hydrogen-bond acceptors (Lipinski definition) is 26. The Balaban J connectivity index is 0.00000395. The van der Waals surface area contributed by atoms with Crippen molar-refractivity contribution in [2.75, 3.05) is 21.4 Å². The van der Waals surface area contributed by atoms with Crippen molar-refractivity contribution in [2.24, 2.45) is 15.3 Å². The molecule has 76 heavy (non-hydrogen) atoms. The van der Waals surface area contributed by atoms with Gasteiger partial charge in [0.1, 0.15) is 62.0 Å². The topological polar surface area (TPSA) is 427 Å². The molecule has 0 saturated carbocycles. The SMILES string of the molecule is Cc1cc(Nc2nc(Cl)nc(Nc3cccc(S(=O)(=O)[O-])c3)n2)c(C)cc1N=Nc1cc(S(=O)(=O)[O-])c(N/N=C2/C(=O)c3c(cc(S(=O)(=O)[O-])cc3Nc3ccccc3)C=C2S(=O)(=O)[O-])cc1S(=O)(=O)[O-].[Na+].[Na+].[Na+].[Na+].[Na+]. The fraction of sp³-hybridized carbons (Fsp3) is 0.0513. The van der Waals surface area contributed by atoms with Crippen molar-refractivity contribution in [3.8, 4) is 0 Å². The Hall–Kier alpha value is -2.17. The second kappa shape index (κ2) is 27.5. The number of Topliss-reactive ketones (excluding diaryl/α,β-unsaturated/α-hetero) is 1. The Bertz CT molecular complexity index is 3940. The summed E-state index contributed by atoms with van der Waals surface area (Å²) in [5.74, 6) is -1.75. The summed E-state index contributed by atoms with van der Waals surface area (Å²) in [6, 6.07) is 17.2. The van der Waals surface area contributed by atoms with E-state index in [0.717, 1.165) is 18.2 Å². The molecule has 0 bridgehead atoms. The second-order valence-electron chi connectivity index (χ2n) is 14.6. The Morgan fingerprint density at radius 2 is 1.09 bits per heavy atom. The summed E-state index contributed by atoms with van der Waals surface area (Å²) in [5.41, 5.74) is -1.78. The van der Waals surface area contributed by atoms with Gasteiger partial charge in [-0.1, -0.05) is 24.3 Å². The summed E-state index contributed by atoms with van der Waals surface area (Å²) in [4.78, 5) is 20.5. The average molecular weight is 1200 g/mol. The monoisotopic (exact) mass is 1200 g/mol. The smallest absolute Gasteiger partial charge is 0.744 e. The number of nitrogens with zero attached hydrogens (tertiary/aromatic N) is 6. The Morgan fingerprint density at radius 3 is 1.67 bits per heavy atom. The molecule has 370 valence electrons. The number of fused-ring (bicyclic) bond motifs is 1. The number of nitrogens with one attached hydrogen (secondary N) is 4. The molecule has 7 rings (SSSR count). The summed E-state index contributed by atoms with van der Waals surface area (Å²) < 4.78 is 184. The van der Waals surface area contributed by atoms with E-state index >= 15 is 0 Å². The predicted molar refractivity (Wildman–Crippen MR) is 245 cm³/mol. The van der Waals surface area contributed by atoms with Crippen molar-refractivity contribution < 1.29 is 217 Å². The first-order valence-electron chi connectivity index (χ1n) is 19.1. The molecule has 0 fully saturated rings. The van der Waals surface area contributed by atoms with Crippen LogP contribution >= 0.6 is 11.6 Å². The fourth-order valence-electron chi connectivity index (χ4n) is 6.49. The van der Waals surface area contributed by atoms with Crippen molar-refractivity contribution in [1.29, 1.82) is 0 Å². The first kappa shape index (κ1) is 69.9. The molecule has 0 radical (unpaired) electrons. The molecule has 1 aliphatic carbocycles. The van der Waals surface area contributed by atoms with E-state index in [0.29, 0.717) is 29.5 Å². The normalized spacial score (nSPS) is 13.1. The number of aromatic nitrogens is 3. The summed E-state index contributed by atoms with van der Waals surface area (Å²) in [5, 5.41) is 19.3. The van der Waals surface area contributed by atoms with Crippen LogP contribution in [0.5, 0.6) is 0 Å². The van der Waals surface area contributed by atoms with Crippen LogP contribution in [0.2, 0.25) is 5.28 Å². The zero-order valence-corrected chi connectivity index (χ0v) is 55.2. The maximum Gasteiger partial charge on any atom is 1.00 e. The van der Waals surface area contributed by atoms with Crippen LogP contribution in [0.3, 0.4) is 0 Å². The number of carbonyl (C=O) groups is 1. The van der Waals surface area contributed by atoms with Gasteiger partial charge in [0.05, 0.1) is 47.1 Å². The zero-order chi connectivity index (χ0) is 52.0. The molecule has 1 aliphatic rings. The van der Waals surface area contributed by atoms with Crippen LogP contribution in [0.25, 0.3) is 6.08 Å². The van der Waals surface area contributed by atoms with Gasteiger partial charge in [0, 0.05) is 17.1 Å². The first-order valence-corrected chi connectivity index (χ1v) is 26.5. The number of para-hydroxylation sites is 1. The molecule has 0 aliphatic heterocycles. The average Bonchev–Trinajstić information content (AvgIpc) is 3.25. The zero-order valence-electron chi connectivity index (χ0n) is 40.4. The van der Waals surface area contributed by atoms with E-state index in [1.807, 2.05) is 5.43 Å². The minimum Gasteiger partial charge on any atom is -0.744 e. The molecule has 0 saturated heterocycles. The van der Waals surface area contributed by atoms with E-state index < -0.39 is 115 Å². The fourth-order valence-corrected chi connectivity index (χ4v) is 9.59. The molecule has 6 aromatic rings. The van der Waals surface area contributed by atoms with Crippen LogP contribution in [0, 0.1) is 13.8 Å². The van der Waals surface area contributed by atoms with Crippen molar-refractivity contribution >= 4 is 131 Å². The molecule has 37 heteroatoms. The minimum atomic E-state index is -5.76. The van der Waals surface area contributed by atoms with Gasteiger partial charge in [-0.3, -0.25) is 10.2 Å². The molecule has 1 aromatic heterocycles. The number of allylic oxidation sites excluding steroid dienone is 1. The van der Waals surface area contributed by atoms with Crippen molar-refractivity contribution in [1.82, 2.24) is 15.0 Å². The van der Waals surface area contributed by atoms with Crippen LogP contribution in [0.1, 0.15) is 27.0 Å². The Kier molecular flexibility index (Phi) is 25.3. The maximum atomic E-state index is 14.1.